The molecule has 1 aliphatic heterocycles. The van der Waals surface area contributed by atoms with Crippen molar-refractivity contribution in [2.75, 3.05) is 19.6 Å². The molecular weight excluding hydrogens is 412 g/mol. The van der Waals surface area contributed by atoms with Crippen LogP contribution in [0.4, 0.5) is 0 Å². The van der Waals surface area contributed by atoms with Crippen molar-refractivity contribution in [1.82, 2.24) is 10.2 Å². The van der Waals surface area contributed by atoms with Crippen LogP contribution in [0.2, 0.25) is 0 Å². The third kappa shape index (κ3) is 6.28. The molecule has 31 heavy (non-hydrogen) atoms. The molecule has 7 heteroatoms. The average Bonchev–Trinajstić information content (AvgIpc) is 2.64. The number of carbonyl (C=O) groups is 1. The summed E-state index contributed by atoms with van der Waals surface area (Å²) in [4.78, 5) is 13.8. The molecule has 172 valence electrons. The molecule has 1 aromatic carbocycles. The van der Waals surface area contributed by atoms with E-state index in [1.165, 1.54) is 17.7 Å². The maximum absolute atomic E-state index is 11.4. The predicted octanol–water partition coefficient (Wildman–Crippen LogP) is 3.99. The molecule has 1 saturated carbocycles. The molecule has 0 spiro atoms. The molecule has 0 aromatic heterocycles. The van der Waals surface area contributed by atoms with E-state index in [0.29, 0.717) is 0 Å². The van der Waals surface area contributed by atoms with E-state index in [1.807, 2.05) is 13.0 Å². The van der Waals surface area contributed by atoms with E-state index in [-0.39, 0.29) is 27.7 Å². The highest BCUT2D eigenvalue weighted by Crippen LogP contribution is 2.52. The zero-order valence-electron chi connectivity index (χ0n) is 19.3. The van der Waals surface area contributed by atoms with Crippen LogP contribution < -0.4 is 5.32 Å². The Hall–Kier alpha value is -1.96. The Morgan fingerprint density at radius 3 is 2.42 bits per heavy atom. The van der Waals surface area contributed by atoms with E-state index in [1.54, 1.807) is 19.1 Å². The van der Waals surface area contributed by atoms with Crippen LogP contribution >= 0.6 is 0 Å². The smallest absolute Gasteiger partial charge is 0.294 e. The largest absolute Gasteiger partial charge is 0.353 e. The van der Waals surface area contributed by atoms with Crippen LogP contribution in [-0.4, -0.2) is 49.5 Å². The highest BCUT2D eigenvalue weighted by Gasteiger charge is 2.48. The van der Waals surface area contributed by atoms with Gasteiger partial charge in [0.25, 0.3) is 10.1 Å². The molecule has 2 N–H and O–H groups in total. The quantitative estimate of drug-likeness (QED) is 0.537. The zero-order chi connectivity index (χ0) is 23.4. The highest BCUT2D eigenvalue weighted by atomic mass is 32.2. The van der Waals surface area contributed by atoms with Crippen molar-refractivity contribution in [2.24, 2.45) is 10.8 Å². The topological polar surface area (TPSA) is 86.7 Å². The molecule has 1 fully saturated rings. The minimum Gasteiger partial charge on any atom is -0.353 e. The maximum Gasteiger partial charge on any atom is 0.294 e. The Labute approximate surface area is 187 Å². The van der Waals surface area contributed by atoms with E-state index in [4.69, 9.17) is 4.55 Å². The first-order valence-corrected chi connectivity index (χ1v) is 12.1. The Bertz CT molecular complexity index is 935. The molecule has 2 aliphatic rings. The first-order valence-electron chi connectivity index (χ1n) is 10.7. The fourth-order valence-corrected chi connectivity index (χ4v) is 5.39. The van der Waals surface area contributed by atoms with Gasteiger partial charge in [-0.05, 0) is 31.9 Å². The second-order valence-corrected chi connectivity index (χ2v) is 10.9. The van der Waals surface area contributed by atoms with Crippen molar-refractivity contribution in [3.8, 4) is 0 Å². The minimum atomic E-state index is -4.02. The maximum atomic E-state index is 11.4. The van der Waals surface area contributed by atoms with Gasteiger partial charge in [-0.1, -0.05) is 56.2 Å². The number of benzene rings is 1. The third-order valence-electron chi connectivity index (χ3n) is 6.41. The number of aryl methyl sites for hydroxylation is 1. The SMILES string of the molecule is C=CCN1CC=C2C(C)(C)[C@@H](NC(C)=O)CC[C@]2(C)C1.Cc1ccc(S(=O)(=O)O)cc1. The van der Waals surface area contributed by atoms with Crippen molar-refractivity contribution in [3.63, 3.8) is 0 Å². The lowest BCUT2D eigenvalue weighted by Crippen LogP contribution is -2.56. The van der Waals surface area contributed by atoms with Crippen LogP contribution in [-0.2, 0) is 14.9 Å². The van der Waals surface area contributed by atoms with Crippen molar-refractivity contribution < 1.29 is 17.8 Å². The number of hydrogen-bond acceptors (Lipinski definition) is 4. The van der Waals surface area contributed by atoms with Crippen LogP contribution in [0, 0.1) is 17.8 Å². The van der Waals surface area contributed by atoms with Crippen molar-refractivity contribution in [1.29, 1.82) is 0 Å². The molecule has 0 bridgehead atoms. The molecule has 0 saturated heterocycles. The summed E-state index contributed by atoms with van der Waals surface area (Å²) in [6, 6.07) is 6.24. The molecule has 1 aliphatic carbocycles. The Kier molecular flexibility index (Phi) is 7.89. The molecule has 1 amide bonds. The number of carbonyl (C=O) groups excluding carboxylic acids is 1. The number of nitrogens with zero attached hydrogens (tertiary/aromatic N) is 1. The summed E-state index contributed by atoms with van der Waals surface area (Å²) in [6.45, 7) is 17.3. The van der Waals surface area contributed by atoms with Crippen molar-refractivity contribution in [3.05, 3.63) is 54.1 Å². The van der Waals surface area contributed by atoms with Crippen LogP contribution in [0.3, 0.4) is 0 Å². The number of fused-ring (bicyclic) bond motifs is 1. The fourth-order valence-electron chi connectivity index (χ4n) is 4.91. The molecule has 1 heterocycles. The Balaban J connectivity index is 0.000000262. The molecule has 0 unspecified atom stereocenters. The van der Waals surface area contributed by atoms with Crippen LogP contribution in [0.5, 0.6) is 0 Å². The molecule has 1 aromatic rings. The summed E-state index contributed by atoms with van der Waals surface area (Å²) < 4.78 is 29.6. The fraction of sp³-hybridized carbons (Fsp3) is 0.542. The van der Waals surface area contributed by atoms with Crippen molar-refractivity contribution >= 4 is 16.0 Å². The number of nitrogens with one attached hydrogen (secondary N) is 1. The van der Waals surface area contributed by atoms with Crippen LogP contribution in [0.1, 0.15) is 46.1 Å². The standard InChI is InChI=1S/C17H28N2O.C7H8O3S/c1-6-10-19-11-8-14-16(3,4)15(18-13(2)20)7-9-17(14,5)12-19;1-6-2-4-7(5-3-6)11(8,9)10/h6,8,15H,1,7,9-12H2,2-5H3,(H,18,20);2-5H,1H3,(H,8,9,10)/t15-,17+;/m0./s1. The predicted molar refractivity (Wildman–Crippen MR) is 124 cm³/mol. The Morgan fingerprint density at radius 2 is 1.90 bits per heavy atom. The van der Waals surface area contributed by atoms with E-state index in [0.717, 1.165) is 38.0 Å². The average molecular weight is 449 g/mol. The van der Waals surface area contributed by atoms with Gasteiger partial charge < -0.3 is 5.32 Å². The van der Waals surface area contributed by atoms with Gasteiger partial charge in [-0.25, -0.2) is 0 Å². The molecule has 6 nitrogen and oxygen atoms in total. The summed E-state index contributed by atoms with van der Waals surface area (Å²) in [6.07, 6.45) is 6.57. The number of rotatable bonds is 4. The second-order valence-electron chi connectivity index (χ2n) is 9.46. The van der Waals surface area contributed by atoms with Crippen molar-refractivity contribution in [2.45, 2.75) is 58.4 Å². The third-order valence-corrected chi connectivity index (χ3v) is 7.28. The van der Waals surface area contributed by atoms with Gasteiger partial charge in [-0.3, -0.25) is 14.2 Å². The van der Waals surface area contributed by atoms with Crippen LogP contribution in [0.15, 0.2) is 53.5 Å². The molecular formula is C24H36N2O4S. The molecule has 2 atom stereocenters. The van der Waals surface area contributed by atoms with E-state index in [9.17, 15) is 13.2 Å². The monoisotopic (exact) mass is 448 g/mol. The summed E-state index contributed by atoms with van der Waals surface area (Å²) in [5.41, 5.74) is 2.76. The number of amides is 1. The first kappa shape index (κ1) is 25.3. The van der Waals surface area contributed by atoms with E-state index < -0.39 is 10.1 Å². The lowest BCUT2D eigenvalue weighted by atomic mass is 9.57. The van der Waals surface area contributed by atoms with Crippen LogP contribution in [0.25, 0.3) is 0 Å². The molecule has 0 radical (unpaired) electrons. The summed E-state index contributed by atoms with van der Waals surface area (Å²) in [5.74, 6) is 0.0800. The Morgan fingerprint density at radius 1 is 1.29 bits per heavy atom. The van der Waals surface area contributed by atoms with Gasteiger partial charge in [0.05, 0.1) is 4.90 Å². The minimum absolute atomic E-state index is 0.0406. The molecule has 3 rings (SSSR count). The van der Waals surface area contributed by atoms with Gasteiger partial charge in [0.15, 0.2) is 0 Å². The summed E-state index contributed by atoms with van der Waals surface area (Å²) >= 11 is 0. The van der Waals surface area contributed by atoms with Gasteiger partial charge in [0, 0.05) is 43.4 Å². The highest BCUT2D eigenvalue weighted by molar-refractivity contribution is 7.85. The van der Waals surface area contributed by atoms with Gasteiger partial charge in [-0.2, -0.15) is 8.42 Å². The summed E-state index contributed by atoms with van der Waals surface area (Å²) in [5, 5.41) is 3.15. The lowest BCUT2D eigenvalue weighted by molar-refractivity contribution is -0.120. The second kappa shape index (κ2) is 9.67. The summed E-state index contributed by atoms with van der Waals surface area (Å²) in [7, 11) is -4.02. The lowest BCUT2D eigenvalue weighted by Gasteiger charge is -2.54. The van der Waals surface area contributed by atoms with Gasteiger partial charge in [0.2, 0.25) is 5.91 Å². The zero-order valence-corrected chi connectivity index (χ0v) is 20.1. The number of hydrogen-bond donors (Lipinski definition) is 2. The van der Waals surface area contributed by atoms with E-state index in [2.05, 4.69) is 43.6 Å². The van der Waals surface area contributed by atoms with Gasteiger partial charge >= 0.3 is 0 Å². The van der Waals surface area contributed by atoms with E-state index >= 15 is 0 Å². The van der Waals surface area contributed by atoms with Gasteiger partial charge in [0.1, 0.15) is 0 Å². The normalized spacial score (nSPS) is 25.4. The van der Waals surface area contributed by atoms with Gasteiger partial charge in [-0.15, -0.1) is 6.58 Å². The first-order chi connectivity index (χ1) is 14.3.